The molecule has 0 saturated heterocycles. The molecule has 0 aliphatic rings. The summed E-state index contributed by atoms with van der Waals surface area (Å²) in [6.07, 6.45) is 1.89. The van der Waals surface area contributed by atoms with E-state index in [-0.39, 0.29) is 5.82 Å². The van der Waals surface area contributed by atoms with Crippen molar-refractivity contribution in [3.8, 4) is 10.4 Å². The van der Waals surface area contributed by atoms with Crippen molar-refractivity contribution in [1.82, 2.24) is 0 Å². The predicted octanol–water partition coefficient (Wildman–Crippen LogP) is 4.28. The smallest absolute Gasteiger partial charge is 0.136 e. The number of benzene rings is 1. The Balaban J connectivity index is 2.46. The van der Waals surface area contributed by atoms with Crippen molar-refractivity contribution in [3.05, 3.63) is 41.5 Å². The van der Waals surface area contributed by atoms with Crippen LogP contribution in [0.1, 0.15) is 0 Å². The van der Waals surface area contributed by atoms with Crippen molar-refractivity contribution in [2.75, 3.05) is 6.26 Å². The molecule has 0 N–H and O–H groups in total. The summed E-state index contributed by atoms with van der Waals surface area (Å²) in [6.45, 7) is 0. The average Bonchev–Trinajstić information content (AvgIpc) is 2.71. The summed E-state index contributed by atoms with van der Waals surface area (Å²) < 4.78 is 13.2. The Morgan fingerprint density at radius 2 is 2.14 bits per heavy atom. The van der Waals surface area contributed by atoms with Crippen molar-refractivity contribution in [1.29, 1.82) is 0 Å². The van der Waals surface area contributed by atoms with E-state index in [1.54, 1.807) is 11.3 Å². The Morgan fingerprint density at radius 1 is 1.29 bits per heavy atom. The van der Waals surface area contributed by atoms with Gasteiger partial charge < -0.3 is 0 Å². The molecule has 0 nitrogen and oxygen atoms in total. The van der Waals surface area contributed by atoms with Crippen LogP contribution in [0.5, 0.6) is 0 Å². The van der Waals surface area contributed by atoms with Crippen molar-refractivity contribution >= 4 is 23.1 Å². The monoisotopic (exact) mass is 224 g/mol. The second kappa shape index (κ2) is 4.15. The standard InChI is InChI=1S/C11H9FS2/c1-13-11-7-8(4-5-9(11)12)10-3-2-6-14-10/h2-7H,1H3. The third kappa shape index (κ3) is 1.83. The zero-order chi connectivity index (χ0) is 9.97. The van der Waals surface area contributed by atoms with Crippen molar-refractivity contribution in [2.45, 2.75) is 4.90 Å². The van der Waals surface area contributed by atoms with E-state index in [4.69, 9.17) is 0 Å². The maximum Gasteiger partial charge on any atom is 0.136 e. The van der Waals surface area contributed by atoms with E-state index in [9.17, 15) is 4.39 Å². The lowest BCUT2D eigenvalue weighted by Gasteiger charge is -2.02. The first-order valence-electron chi connectivity index (χ1n) is 4.18. The van der Waals surface area contributed by atoms with Crippen LogP contribution < -0.4 is 0 Å². The van der Waals surface area contributed by atoms with E-state index >= 15 is 0 Å². The van der Waals surface area contributed by atoms with Crippen LogP contribution in [0.2, 0.25) is 0 Å². The molecular weight excluding hydrogens is 215 g/mol. The summed E-state index contributed by atoms with van der Waals surface area (Å²) in [5.74, 6) is -0.141. The van der Waals surface area contributed by atoms with Gasteiger partial charge in [0.2, 0.25) is 0 Å². The normalized spacial score (nSPS) is 10.4. The molecule has 0 aliphatic heterocycles. The molecular formula is C11H9FS2. The minimum Gasteiger partial charge on any atom is -0.206 e. The third-order valence-corrected chi connectivity index (χ3v) is 3.63. The molecule has 0 unspecified atom stereocenters. The molecule has 72 valence electrons. The third-order valence-electron chi connectivity index (χ3n) is 1.96. The Bertz CT molecular complexity index is 421. The van der Waals surface area contributed by atoms with E-state index in [1.165, 1.54) is 22.7 Å². The zero-order valence-corrected chi connectivity index (χ0v) is 9.29. The summed E-state index contributed by atoms with van der Waals surface area (Å²) >= 11 is 3.11. The lowest BCUT2D eigenvalue weighted by Crippen LogP contribution is -1.81. The quantitative estimate of drug-likeness (QED) is 0.686. The fourth-order valence-electron chi connectivity index (χ4n) is 1.26. The first-order chi connectivity index (χ1) is 6.81. The van der Waals surface area contributed by atoms with Crippen LogP contribution in [-0.4, -0.2) is 6.26 Å². The number of hydrogen-bond acceptors (Lipinski definition) is 2. The van der Waals surface area contributed by atoms with Crippen molar-refractivity contribution in [3.63, 3.8) is 0 Å². The number of rotatable bonds is 2. The average molecular weight is 224 g/mol. The summed E-state index contributed by atoms with van der Waals surface area (Å²) in [6, 6.07) is 9.29. The highest BCUT2D eigenvalue weighted by Crippen LogP contribution is 2.29. The van der Waals surface area contributed by atoms with Crippen LogP contribution in [0.15, 0.2) is 40.6 Å². The highest BCUT2D eigenvalue weighted by molar-refractivity contribution is 7.98. The van der Waals surface area contributed by atoms with Gasteiger partial charge in [-0.3, -0.25) is 0 Å². The van der Waals surface area contributed by atoms with Crippen LogP contribution >= 0.6 is 23.1 Å². The summed E-state index contributed by atoms with van der Waals surface area (Å²) in [5.41, 5.74) is 1.09. The molecule has 2 aromatic rings. The van der Waals surface area contributed by atoms with Crippen LogP contribution in [0.25, 0.3) is 10.4 Å². The van der Waals surface area contributed by atoms with Gasteiger partial charge in [0.05, 0.1) is 0 Å². The van der Waals surface area contributed by atoms with Gasteiger partial charge in [-0.2, -0.15) is 0 Å². The number of halogens is 1. The Labute approximate surface area is 90.8 Å². The van der Waals surface area contributed by atoms with E-state index < -0.39 is 0 Å². The fraction of sp³-hybridized carbons (Fsp3) is 0.0909. The number of thiophene rings is 1. The summed E-state index contributed by atoms with van der Waals surface area (Å²) in [7, 11) is 0. The first kappa shape index (κ1) is 9.74. The Hall–Kier alpha value is -0.800. The van der Waals surface area contributed by atoms with Gasteiger partial charge in [0.1, 0.15) is 5.82 Å². The molecule has 14 heavy (non-hydrogen) atoms. The molecule has 0 fully saturated rings. The SMILES string of the molecule is CSc1cc(-c2cccs2)ccc1F. The van der Waals surface area contributed by atoms with Crippen molar-refractivity contribution < 1.29 is 4.39 Å². The van der Waals surface area contributed by atoms with Gasteiger partial charge in [-0.1, -0.05) is 12.1 Å². The lowest BCUT2D eigenvalue weighted by atomic mass is 10.2. The highest BCUT2D eigenvalue weighted by Gasteiger charge is 2.04. The number of thioether (sulfide) groups is 1. The largest absolute Gasteiger partial charge is 0.206 e. The Morgan fingerprint density at radius 3 is 2.79 bits per heavy atom. The minimum absolute atomic E-state index is 0.141. The van der Waals surface area contributed by atoms with E-state index in [1.807, 2.05) is 35.9 Å². The molecule has 0 saturated carbocycles. The molecule has 0 spiro atoms. The van der Waals surface area contributed by atoms with Gasteiger partial charge in [-0.25, -0.2) is 4.39 Å². The van der Waals surface area contributed by atoms with Gasteiger partial charge in [0, 0.05) is 9.77 Å². The second-order valence-electron chi connectivity index (χ2n) is 2.83. The summed E-state index contributed by atoms with van der Waals surface area (Å²) in [4.78, 5) is 1.89. The lowest BCUT2D eigenvalue weighted by molar-refractivity contribution is 0.602. The second-order valence-corrected chi connectivity index (χ2v) is 4.62. The Kier molecular flexibility index (Phi) is 2.89. The van der Waals surface area contributed by atoms with Crippen molar-refractivity contribution in [2.24, 2.45) is 0 Å². The molecule has 3 heteroatoms. The maximum atomic E-state index is 13.2. The van der Waals surface area contributed by atoms with Crippen LogP contribution in [0.3, 0.4) is 0 Å². The molecule has 0 atom stereocenters. The zero-order valence-electron chi connectivity index (χ0n) is 7.66. The van der Waals surface area contributed by atoms with Crippen LogP contribution in [0, 0.1) is 5.82 Å². The van der Waals surface area contributed by atoms with Crippen LogP contribution in [0.4, 0.5) is 4.39 Å². The van der Waals surface area contributed by atoms with Gasteiger partial charge >= 0.3 is 0 Å². The molecule has 0 bridgehead atoms. The molecule has 1 aromatic carbocycles. The van der Waals surface area contributed by atoms with Gasteiger partial charge in [0.15, 0.2) is 0 Å². The molecule has 1 aromatic heterocycles. The molecule has 2 rings (SSSR count). The fourth-order valence-corrected chi connectivity index (χ4v) is 2.49. The maximum absolute atomic E-state index is 13.2. The highest BCUT2D eigenvalue weighted by atomic mass is 32.2. The molecule has 0 aliphatic carbocycles. The van der Waals surface area contributed by atoms with Crippen LogP contribution in [-0.2, 0) is 0 Å². The first-order valence-corrected chi connectivity index (χ1v) is 6.29. The summed E-state index contributed by atoms with van der Waals surface area (Å²) in [5, 5.41) is 2.03. The van der Waals surface area contributed by atoms with E-state index in [0.29, 0.717) is 4.90 Å². The van der Waals surface area contributed by atoms with E-state index in [2.05, 4.69) is 0 Å². The van der Waals surface area contributed by atoms with Gasteiger partial charge in [-0.15, -0.1) is 23.1 Å². The topological polar surface area (TPSA) is 0 Å². The van der Waals surface area contributed by atoms with Gasteiger partial charge in [0.25, 0.3) is 0 Å². The molecule has 0 radical (unpaired) electrons. The van der Waals surface area contributed by atoms with E-state index in [0.717, 1.165) is 5.56 Å². The molecule has 1 heterocycles. The van der Waals surface area contributed by atoms with Gasteiger partial charge in [-0.05, 0) is 35.4 Å². The number of hydrogen-bond donors (Lipinski definition) is 0. The molecule has 0 amide bonds. The predicted molar refractivity (Wildman–Crippen MR) is 61.5 cm³/mol. The minimum atomic E-state index is -0.141.